The van der Waals surface area contributed by atoms with E-state index in [-0.39, 0.29) is 24.2 Å². The highest BCUT2D eigenvalue weighted by Crippen LogP contribution is 2.25. The van der Waals surface area contributed by atoms with Crippen molar-refractivity contribution in [3.05, 3.63) is 12.3 Å². The number of aliphatic hydroxyl groups excluding tert-OH is 1. The summed E-state index contributed by atoms with van der Waals surface area (Å²) in [5.41, 5.74) is 6.80. The highest BCUT2D eigenvalue weighted by molar-refractivity contribution is 5.06. The van der Waals surface area contributed by atoms with Crippen molar-refractivity contribution in [1.29, 1.82) is 0 Å². The molecule has 2 aliphatic heterocycles. The van der Waals surface area contributed by atoms with E-state index in [1.165, 1.54) is 10.0 Å². The van der Waals surface area contributed by atoms with Crippen LogP contribution in [-0.4, -0.2) is 60.0 Å². The van der Waals surface area contributed by atoms with Gasteiger partial charge in [0, 0.05) is 26.2 Å². The molecule has 0 radical (unpaired) electrons. The zero-order chi connectivity index (χ0) is 16.3. The van der Waals surface area contributed by atoms with Crippen LogP contribution in [0, 0.1) is 5.92 Å². The van der Waals surface area contributed by atoms with Gasteiger partial charge in [-0.2, -0.15) is 5.01 Å². The Hall–Kier alpha value is -1.22. The molecule has 1 saturated heterocycles. The molecule has 3 N–H and O–H groups in total. The fraction of sp³-hybridized carbons (Fsp3) is 0.857. The third-order valence-electron chi connectivity index (χ3n) is 4.39. The summed E-state index contributed by atoms with van der Waals surface area (Å²) in [5, 5.41) is 20.3. The second-order valence-corrected chi connectivity index (χ2v) is 5.97. The average Bonchev–Trinajstić information content (AvgIpc) is 2.85. The Balaban J connectivity index is 1.88. The first-order chi connectivity index (χ1) is 10.4. The summed E-state index contributed by atoms with van der Waals surface area (Å²) in [5.74, 6) is 0.0312. The molecule has 0 spiro atoms. The van der Waals surface area contributed by atoms with Gasteiger partial charge in [0.1, 0.15) is 0 Å². The SMILES string of the molecule is C=C(C(N)[C@H](C)[C@H](C)OC1CCOCC1)N1N=NN(C)C1O. The van der Waals surface area contributed by atoms with Crippen molar-refractivity contribution in [2.24, 2.45) is 22.1 Å². The summed E-state index contributed by atoms with van der Waals surface area (Å²) in [4.78, 5) is 0. The van der Waals surface area contributed by atoms with Crippen LogP contribution in [-0.2, 0) is 9.47 Å². The fourth-order valence-electron chi connectivity index (χ4n) is 2.55. The molecule has 0 aromatic carbocycles. The summed E-state index contributed by atoms with van der Waals surface area (Å²) < 4.78 is 11.4. The predicted octanol–water partition coefficient (Wildman–Crippen LogP) is 0.853. The van der Waals surface area contributed by atoms with Crippen LogP contribution in [0.2, 0.25) is 0 Å². The summed E-state index contributed by atoms with van der Waals surface area (Å²) in [6.45, 7) is 9.48. The van der Waals surface area contributed by atoms with Gasteiger partial charge in [0.2, 0.25) is 6.35 Å². The molecule has 8 heteroatoms. The van der Waals surface area contributed by atoms with Gasteiger partial charge < -0.3 is 20.3 Å². The van der Waals surface area contributed by atoms with E-state index in [0.717, 1.165) is 26.1 Å². The van der Waals surface area contributed by atoms with Crippen LogP contribution in [0.4, 0.5) is 0 Å². The van der Waals surface area contributed by atoms with Crippen LogP contribution in [0.5, 0.6) is 0 Å². The third-order valence-corrected chi connectivity index (χ3v) is 4.39. The van der Waals surface area contributed by atoms with Crippen molar-refractivity contribution in [1.82, 2.24) is 10.0 Å². The van der Waals surface area contributed by atoms with E-state index in [9.17, 15) is 5.11 Å². The molecular formula is C14H27N5O3. The maximum absolute atomic E-state index is 9.96. The number of nitrogens with zero attached hydrogens (tertiary/aromatic N) is 4. The maximum atomic E-state index is 9.96. The van der Waals surface area contributed by atoms with E-state index < -0.39 is 6.35 Å². The van der Waals surface area contributed by atoms with E-state index in [4.69, 9.17) is 15.2 Å². The van der Waals surface area contributed by atoms with Gasteiger partial charge in [0.25, 0.3) is 0 Å². The number of rotatable bonds is 6. The van der Waals surface area contributed by atoms with Crippen molar-refractivity contribution in [2.75, 3.05) is 20.3 Å². The molecule has 2 aliphatic rings. The summed E-state index contributed by atoms with van der Waals surface area (Å²) >= 11 is 0. The van der Waals surface area contributed by atoms with E-state index in [0.29, 0.717) is 5.70 Å². The molecule has 0 amide bonds. The Morgan fingerprint density at radius 3 is 2.55 bits per heavy atom. The lowest BCUT2D eigenvalue weighted by atomic mass is 9.94. The number of hydrogen-bond acceptors (Lipinski definition) is 8. The van der Waals surface area contributed by atoms with Crippen LogP contribution < -0.4 is 5.73 Å². The van der Waals surface area contributed by atoms with Gasteiger partial charge in [-0.25, -0.2) is 5.01 Å². The molecule has 2 heterocycles. The van der Waals surface area contributed by atoms with Gasteiger partial charge in [-0.15, -0.1) is 0 Å². The molecule has 0 aliphatic carbocycles. The zero-order valence-corrected chi connectivity index (χ0v) is 13.6. The highest BCUT2D eigenvalue weighted by Gasteiger charge is 2.33. The summed E-state index contributed by atoms with van der Waals surface area (Å²) in [6.07, 6.45) is 1.06. The molecule has 0 aromatic heterocycles. The summed E-state index contributed by atoms with van der Waals surface area (Å²) in [6, 6.07) is -0.380. The quantitative estimate of drug-likeness (QED) is 0.755. The van der Waals surface area contributed by atoms with Gasteiger partial charge in [-0.1, -0.05) is 13.5 Å². The maximum Gasteiger partial charge on any atom is 0.244 e. The first-order valence-electron chi connectivity index (χ1n) is 7.71. The van der Waals surface area contributed by atoms with Crippen LogP contribution in [0.3, 0.4) is 0 Å². The van der Waals surface area contributed by atoms with Gasteiger partial charge in [-0.05, 0) is 30.2 Å². The topological polar surface area (TPSA) is 95.9 Å². The van der Waals surface area contributed by atoms with Crippen LogP contribution >= 0.6 is 0 Å². The van der Waals surface area contributed by atoms with Crippen LogP contribution in [0.15, 0.2) is 22.7 Å². The Bertz CT molecular complexity index is 413. The Morgan fingerprint density at radius 2 is 2.00 bits per heavy atom. The molecule has 2 unspecified atom stereocenters. The molecule has 8 nitrogen and oxygen atoms in total. The van der Waals surface area contributed by atoms with Crippen LogP contribution in [0.25, 0.3) is 0 Å². The van der Waals surface area contributed by atoms with Crippen molar-refractivity contribution < 1.29 is 14.6 Å². The molecule has 0 saturated carbocycles. The van der Waals surface area contributed by atoms with Crippen molar-refractivity contribution in [2.45, 2.75) is 51.3 Å². The normalized spacial score (nSPS) is 27.0. The second-order valence-electron chi connectivity index (χ2n) is 5.97. The lowest BCUT2D eigenvalue weighted by Crippen LogP contribution is -2.46. The minimum atomic E-state index is -0.961. The van der Waals surface area contributed by atoms with Gasteiger partial charge in [-0.3, -0.25) is 0 Å². The lowest BCUT2D eigenvalue weighted by molar-refractivity contribution is -0.0834. The Labute approximate surface area is 131 Å². The first kappa shape index (κ1) is 17.1. The molecule has 22 heavy (non-hydrogen) atoms. The van der Waals surface area contributed by atoms with Crippen molar-refractivity contribution in [3.8, 4) is 0 Å². The molecule has 2 rings (SSSR count). The molecule has 126 valence electrons. The summed E-state index contributed by atoms with van der Waals surface area (Å²) in [7, 11) is 1.63. The van der Waals surface area contributed by atoms with Gasteiger partial charge in [0.15, 0.2) is 0 Å². The number of ether oxygens (including phenoxy) is 2. The average molecular weight is 313 g/mol. The number of aliphatic hydroxyl groups is 1. The lowest BCUT2D eigenvalue weighted by Gasteiger charge is -2.34. The zero-order valence-electron chi connectivity index (χ0n) is 13.6. The molecule has 4 atom stereocenters. The number of hydrogen-bond donors (Lipinski definition) is 2. The third kappa shape index (κ3) is 3.75. The van der Waals surface area contributed by atoms with Gasteiger partial charge >= 0.3 is 0 Å². The van der Waals surface area contributed by atoms with E-state index in [2.05, 4.69) is 17.0 Å². The molecular weight excluding hydrogens is 286 g/mol. The predicted molar refractivity (Wildman–Crippen MR) is 81.1 cm³/mol. The largest absolute Gasteiger partial charge is 0.381 e. The minimum absolute atomic E-state index is 0.0238. The van der Waals surface area contributed by atoms with E-state index >= 15 is 0 Å². The fourth-order valence-corrected chi connectivity index (χ4v) is 2.55. The first-order valence-corrected chi connectivity index (χ1v) is 7.71. The Morgan fingerprint density at radius 1 is 1.36 bits per heavy atom. The minimum Gasteiger partial charge on any atom is -0.381 e. The van der Waals surface area contributed by atoms with Gasteiger partial charge in [0.05, 0.1) is 23.9 Å². The smallest absolute Gasteiger partial charge is 0.244 e. The van der Waals surface area contributed by atoms with E-state index in [1.54, 1.807) is 7.05 Å². The number of nitrogens with two attached hydrogens (primary N) is 1. The molecule has 0 aromatic rings. The molecule has 0 bridgehead atoms. The molecule has 1 fully saturated rings. The monoisotopic (exact) mass is 313 g/mol. The van der Waals surface area contributed by atoms with Crippen molar-refractivity contribution >= 4 is 0 Å². The van der Waals surface area contributed by atoms with Crippen LogP contribution in [0.1, 0.15) is 26.7 Å². The second kappa shape index (κ2) is 7.36. The van der Waals surface area contributed by atoms with E-state index in [1.807, 2.05) is 13.8 Å². The Kier molecular flexibility index (Phi) is 5.74. The highest BCUT2D eigenvalue weighted by atomic mass is 16.5. The van der Waals surface area contributed by atoms with Crippen molar-refractivity contribution in [3.63, 3.8) is 0 Å². The standard InChI is InChI=1S/C14H27N5O3/c1-9(11(3)22-12-5-7-21-8-6-12)13(15)10(2)19-14(20)18(4)16-17-19/h9,11-14,20H,2,5-8,15H2,1,3-4H3/t9-,11+,13?,14?/m1/s1.